The molecule has 6 nitrogen and oxygen atoms in total. The first-order chi connectivity index (χ1) is 15.1. The predicted molar refractivity (Wildman–Crippen MR) is 116 cm³/mol. The van der Waals surface area contributed by atoms with E-state index in [1.165, 1.54) is 24.3 Å². The van der Waals surface area contributed by atoms with Crippen LogP contribution in [0.1, 0.15) is 22.7 Å². The molecule has 4 aromatic rings. The maximum absolute atomic E-state index is 14.2. The summed E-state index contributed by atoms with van der Waals surface area (Å²) in [6, 6.07) is 16.5. The maximum atomic E-state index is 14.2. The maximum Gasteiger partial charge on any atom is 0.399 e. The third-order valence-corrected chi connectivity index (χ3v) is 6.71. The molecule has 0 fully saturated rings. The highest BCUT2D eigenvalue weighted by Gasteiger charge is 2.51. The highest BCUT2D eigenvalue weighted by molar-refractivity contribution is 9.10. The highest BCUT2D eigenvalue weighted by Crippen LogP contribution is 2.60. The van der Waals surface area contributed by atoms with Crippen molar-refractivity contribution < 1.29 is 27.5 Å². The minimum Gasteiger partial charge on any atom is -0.320 e. The van der Waals surface area contributed by atoms with E-state index in [9.17, 15) is 17.7 Å². The van der Waals surface area contributed by atoms with Crippen LogP contribution in [0.4, 0.5) is 13.2 Å². The predicted octanol–water partition coefficient (Wildman–Crippen LogP) is 5.39. The van der Waals surface area contributed by atoms with E-state index in [2.05, 4.69) is 26.2 Å². The molecule has 0 spiro atoms. The minimum atomic E-state index is -5.70. The van der Waals surface area contributed by atoms with Crippen molar-refractivity contribution in [2.24, 2.45) is 0 Å². The first kappa shape index (κ1) is 22.7. The molecule has 32 heavy (non-hydrogen) atoms. The van der Waals surface area contributed by atoms with Crippen molar-refractivity contribution in [3.63, 3.8) is 0 Å². The van der Waals surface area contributed by atoms with Gasteiger partial charge in [-0.2, -0.15) is 8.78 Å². The number of fused-ring (bicyclic) bond motifs is 1. The summed E-state index contributed by atoms with van der Waals surface area (Å²) in [5.74, 6) is -0.400. The lowest BCUT2D eigenvalue weighted by Gasteiger charge is -2.21. The second-order valence-electron chi connectivity index (χ2n) is 7.19. The number of benzene rings is 3. The van der Waals surface area contributed by atoms with Crippen molar-refractivity contribution in [2.45, 2.75) is 18.1 Å². The van der Waals surface area contributed by atoms with Gasteiger partial charge in [0.1, 0.15) is 11.3 Å². The summed E-state index contributed by atoms with van der Waals surface area (Å²) in [7, 11) is -5.70. The number of rotatable bonds is 6. The van der Waals surface area contributed by atoms with E-state index in [1.54, 1.807) is 22.9 Å². The van der Waals surface area contributed by atoms with Crippen LogP contribution in [0, 0.1) is 5.82 Å². The lowest BCUT2D eigenvalue weighted by molar-refractivity contribution is 0.0557. The van der Waals surface area contributed by atoms with E-state index < -0.39 is 30.7 Å². The number of halogens is 4. The van der Waals surface area contributed by atoms with Gasteiger partial charge < -0.3 is 9.79 Å². The molecule has 3 aromatic carbocycles. The number of hydrogen-bond acceptors (Lipinski definition) is 3. The fourth-order valence-electron chi connectivity index (χ4n) is 3.46. The van der Waals surface area contributed by atoms with Crippen LogP contribution in [0.3, 0.4) is 0 Å². The molecule has 2 N–H and O–H groups in total. The highest BCUT2D eigenvalue weighted by atomic mass is 79.9. The molecular formula is C21H16BrF3N3O3P. The van der Waals surface area contributed by atoms with Gasteiger partial charge in [0, 0.05) is 10.0 Å². The van der Waals surface area contributed by atoms with Gasteiger partial charge >= 0.3 is 13.3 Å². The second-order valence-corrected chi connectivity index (χ2v) is 9.70. The zero-order valence-electron chi connectivity index (χ0n) is 16.2. The molecule has 0 aliphatic rings. The van der Waals surface area contributed by atoms with E-state index in [0.29, 0.717) is 11.1 Å². The van der Waals surface area contributed by atoms with E-state index >= 15 is 0 Å². The van der Waals surface area contributed by atoms with E-state index in [-0.39, 0.29) is 10.9 Å². The van der Waals surface area contributed by atoms with Crippen LogP contribution in [0.15, 0.2) is 71.2 Å². The molecule has 1 aromatic heterocycles. The Morgan fingerprint density at radius 1 is 1.06 bits per heavy atom. The molecule has 4 rings (SSSR count). The Labute approximate surface area is 189 Å². The fraction of sp³-hybridized carbons (Fsp3) is 0.143. The SMILES string of the molecule is O=P(O)(O)C(F)(F)c1ccc(CC(c2ccc(F)cc2)n2nnc3ccccc32)cc1Br. The Morgan fingerprint density at radius 2 is 1.75 bits per heavy atom. The van der Waals surface area contributed by atoms with Gasteiger partial charge in [-0.1, -0.05) is 57.5 Å². The monoisotopic (exact) mass is 525 g/mol. The third kappa shape index (κ3) is 4.23. The molecule has 0 radical (unpaired) electrons. The molecule has 11 heteroatoms. The van der Waals surface area contributed by atoms with Crippen LogP contribution in [-0.2, 0) is 16.6 Å². The second kappa shape index (κ2) is 8.44. The molecule has 166 valence electrons. The lowest BCUT2D eigenvalue weighted by atomic mass is 9.98. The molecule has 1 atom stereocenters. The Kier molecular flexibility index (Phi) is 5.98. The Bertz CT molecular complexity index is 1320. The third-order valence-electron chi connectivity index (χ3n) is 5.08. The first-order valence-electron chi connectivity index (χ1n) is 9.35. The van der Waals surface area contributed by atoms with E-state index in [1.807, 2.05) is 18.2 Å². The molecule has 0 saturated carbocycles. The van der Waals surface area contributed by atoms with Gasteiger partial charge in [0.25, 0.3) is 0 Å². The zero-order chi connectivity index (χ0) is 23.1. The smallest absolute Gasteiger partial charge is 0.320 e. The first-order valence-corrected chi connectivity index (χ1v) is 11.8. The topological polar surface area (TPSA) is 88.2 Å². The largest absolute Gasteiger partial charge is 0.399 e. The lowest BCUT2D eigenvalue weighted by Crippen LogP contribution is -2.17. The number of nitrogens with zero attached hydrogens (tertiary/aromatic N) is 3. The number of alkyl halides is 2. The standard InChI is InChI=1S/C21H16BrF3N3O3P/c22-17-11-13(5-10-16(17)21(24,25)32(29,30)31)12-20(14-6-8-15(23)9-7-14)28-19-4-2-1-3-18(19)26-27-28/h1-11,20H,12H2,(H2,29,30,31). The van der Waals surface area contributed by atoms with Crippen LogP contribution >= 0.6 is 23.5 Å². The van der Waals surface area contributed by atoms with Gasteiger partial charge in [-0.3, -0.25) is 4.57 Å². The summed E-state index contributed by atoms with van der Waals surface area (Å²) in [5, 5.41) is 8.40. The molecule has 0 aliphatic heterocycles. The Hall–Kier alpha value is -2.52. The van der Waals surface area contributed by atoms with Gasteiger partial charge in [-0.15, -0.1) is 5.10 Å². The molecular weight excluding hydrogens is 510 g/mol. The van der Waals surface area contributed by atoms with Gasteiger partial charge in [0.2, 0.25) is 0 Å². The molecule has 0 saturated heterocycles. The Balaban J connectivity index is 1.76. The summed E-state index contributed by atoms with van der Waals surface area (Å²) in [5.41, 5.74) is -2.41. The normalized spacial score (nSPS) is 13.4. The average molecular weight is 526 g/mol. The van der Waals surface area contributed by atoms with Crippen LogP contribution in [0.5, 0.6) is 0 Å². The molecule has 1 unspecified atom stereocenters. The van der Waals surface area contributed by atoms with Gasteiger partial charge in [-0.25, -0.2) is 9.07 Å². The zero-order valence-corrected chi connectivity index (χ0v) is 18.7. The van der Waals surface area contributed by atoms with Crippen LogP contribution < -0.4 is 0 Å². The number of aromatic nitrogens is 3. The van der Waals surface area contributed by atoms with Gasteiger partial charge in [-0.05, 0) is 47.9 Å². The van der Waals surface area contributed by atoms with Crippen molar-refractivity contribution >= 4 is 34.6 Å². The number of hydrogen-bond donors (Lipinski definition) is 2. The fourth-order valence-corrected chi connectivity index (χ4v) is 4.79. The molecule has 0 amide bonds. The van der Waals surface area contributed by atoms with Crippen molar-refractivity contribution in [3.8, 4) is 0 Å². The van der Waals surface area contributed by atoms with Gasteiger partial charge in [0.05, 0.1) is 11.6 Å². The van der Waals surface area contributed by atoms with Crippen molar-refractivity contribution in [2.75, 3.05) is 0 Å². The van der Waals surface area contributed by atoms with Gasteiger partial charge in [0.15, 0.2) is 0 Å². The van der Waals surface area contributed by atoms with Crippen LogP contribution in [0.2, 0.25) is 0 Å². The minimum absolute atomic E-state index is 0.135. The van der Waals surface area contributed by atoms with E-state index in [0.717, 1.165) is 17.1 Å². The summed E-state index contributed by atoms with van der Waals surface area (Å²) >= 11 is 3.01. The van der Waals surface area contributed by atoms with E-state index in [4.69, 9.17) is 9.79 Å². The van der Waals surface area contributed by atoms with Crippen LogP contribution in [0.25, 0.3) is 11.0 Å². The van der Waals surface area contributed by atoms with Crippen LogP contribution in [-0.4, -0.2) is 24.8 Å². The summed E-state index contributed by atoms with van der Waals surface area (Å²) in [6.45, 7) is 0. The molecule has 0 bridgehead atoms. The average Bonchev–Trinajstić information content (AvgIpc) is 3.16. The van der Waals surface area contributed by atoms with Crippen molar-refractivity contribution in [1.29, 1.82) is 0 Å². The summed E-state index contributed by atoms with van der Waals surface area (Å²) < 4.78 is 54.6. The van der Waals surface area contributed by atoms with Crippen molar-refractivity contribution in [1.82, 2.24) is 15.0 Å². The van der Waals surface area contributed by atoms with Crippen molar-refractivity contribution in [3.05, 3.63) is 93.7 Å². The molecule has 0 aliphatic carbocycles. The summed E-state index contributed by atoms with van der Waals surface area (Å²) in [6.07, 6.45) is 0.277. The number of para-hydroxylation sites is 1. The Morgan fingerprint density at radius 3 is 2.41 bits per heavy atom. The quantitative estimate of drug-likeness (QED) is 0.329. The molecule has 1 heterocycles. The summed E-state index contributed by atoms with van der Waals surface area (Å²) in [4.78, 5) is 18.1.